The summed E-state index contributed by atoms with van der Waals surface area (Å²) in [4.78, 5) is 4.02. The number of hydrogen-bond donors (Lipinski definition) is 1. The summed E-state index contributed by atoms with van der Waals surface area (Å²) in [6.45, 7) is 11.9. The molecule has 0 fully saturated rings. The number of nitriles is 1. The van der Waals surface area contributed by atoms with Crippen molar-refractivity contribution in [2.24, 2.45) is 5.10 Å². The molecule has 0 aliphatic rings. The Labute approximate surface area is 152 Å². The van der Waals surface area contributed by atoms with E-state index in [2.05, 4.69) is 28.7 Å². The summed E-state index contributed by atoms with van der Waals surface area (Å²) in [6.07, 6.45) is 3.24. The van der Waals surface area contributed by atoms with E-state index in [0.717, 1.165) is 5.56 Å². The van der Waals surface area contributed by atoms with Gasteiger partial charge in [-0.25, -0.2) is 5.43 Å². The second-order valence-corrected chi connectivity index (χ2v) is 5.20. The first-order valence-corrected chi connectivity index (χ1v) is 7.95. The van der Waals surface area contributed by atoms with E-state index in [0.29, 0.717) is 36.2 Å². The van der Waals surface area contributed by atoms with E-state index in [1.807, 2.05) is 19.1 Å². The molecule has 0 aliphatic heterocycles. The van der Waals surface area contributed by atoms with Gasteiger partial charge in [0.25, 0.3) is 5.88 Å². The number of allylic oxidation sites excluding steroid dienone is 1. The number of nitrogens with zero attached hydrogens (tertiary/aromatic N) is 3. The van der Waals surface area contributed by atoms with Gasteiger partial charge in [0.1, 0.15) is 12.7 Å². The largest absolute Gasteiger partial charge is 0.490 e. The zero-order chi connectivity index (χ0) is 18.9. The van der Waals surface area contributed by atoms with Gasteiger partial charge in [-0.05, 0) is 37.6 Å². The number of ether oxygens (including phenoxy) is 2. The van der Waals surface area contributed by atoms with Gasteiger partial charge < -0.3 is 13.9 Å². The van der Waals surface area contributed by atoms with Gasteiger partial charge in [0.05, 0.1) is 12.8 Å². The van der Waals surface area contributed by atoms with E-state index in [1.54, 1.807) is 31.3 Å². The van der Waals surface area contributed by atoms with Crippen LogP contribution in [0.4, 0.5) is 5.88 Å². The van der Waals surface area contributed by atoms with Crippen LogP contribution in [0.3, 0.4) is 0 Å². The van der Waals surface area contributed by atoms with Crippen molar-refractivity contribution in [2.75, 3.05) is 18.6 Å². The second kappa shape index (κ2) is 9.08. The first-order chi connectivity index (χ1) is 12.6. The summed E-state index contributed by atoms with van der Waals surface area (Å²) < 4.78 is 16.6. The number of oxazole rings is 1. The van der Waals surface area contributed by atoms with Gasteiger partial charge in [0.2, 0.25) is 11.6 Å². The molecule has 1 heterocycles. The van der Waals surface area contributed by atoms with Crippen LogP contribution in [-0.2, 0) is 0 Å². The number of rotatable bonds is 9. The Morgan fingerprint density at radius 1 is 1.42 bits per heavy atom. The fourth-order valence-corrected chi connectivity index (χ4v) is 1.96. The number of anilines is 1. The molecule has 0 radical (unpaired) electrons. The monoisotopic (exact) mass is 352 g/mol. The minimum Gasteiger partial charge on any atom is -0.490 e. The number of aromatic nitrogens is 1. The average molecular weight is 352 g/mol. The summed E-state index contributed by atoms with van der Waals surface area (Å²) in [7, 11) is 0. The lowest BCUT2D eigenvalue weighted by molar-refractivity contribution is 0.297. The lowest BCUT2D eigenvalue weighted by atomic mass is 10.2. The smallest absolute Gasteiger partial charge is 0.252 e. The van der Waals surface area contributed by atoms with Gasteiger partial charge in [0, 0.05) is 5.57 Å². The van der Waals surface area contributed by atoms with E-state index >= 15 is 0 Å². The first kappa shape index (κ1) is 18.8. The number of hydrogen-bond acceptors (Lipinski definition) is 7. The Morgan fingerprint density at radius 3 is 2.88 bits per heavy atom. The topological polar surface area (TPSA) is 92.7 Å². The highest BCUT2D eigenvalue weighted by Crippen LogP contribution is 2.28. The van der Waals surface area contributed by atoms with Crippen LogP contribution in [0.1, 0.15) is 31.0 Å². The standard InChI is InChI=1S/C19H20N4O3/c1-5-9-25-16-8-7-14(10-17(16)24-6-2)12-21-23-19-15(11-20)22-18(26-19)13(3)4/h5,7-8,10,12,23H,1,3,6,9H2,2,4H3. The molecule has 0 atom stereocenters. The predicted molar refractivity (Wildman–Crippen MR) is 100 cm³/mol. The van der Waals surface area contributed by atoms with E-state index < -0.39 is 0 Å². The summed E-state index contributed by atoms with van der Waals surface area (Å²) in [5, 5.41) is 13.2. The van der Waals surface area contributed by atoms with Crippen molar-refractivity contribution in [1.29, 1.82) is 5.26 Å². The SMILES string of the molecule is C=CCOc1ccc(C=NNc2oc(C(=C)C)nc2C#N)cc1OCC. The molecular weight excluding hydrogens is 332 g/mol. The lowest BCUT2D eigenvalue weighted by Crippen LogP contribution is -2.00. The van der Waals surface area contributed by atoms with E-state index in [1.165, 1.54) is 0 Å². The number of hydrazone groups is 1. The maximum absolute atomic E-state index is 9.10. The maximum Gasteiger partial charge on any atom is 0.252 e. The lowest BCUT2D eigenvalue weighted by Gasteiger charge is -2.11. The van der Waals surface area contributed by atoms with Crippen LogP contribution in [0.5, 0.6) is 11.5 Å². The molecule has 26 heavy (non-hydrogen) atoms. The van der Waals surface area contributed by atoms with Gasteiger partial charge in [-0.2, -0.15) is 15.3 Å². The van der Waals surface area contributed by atoms with Crippen LogP contribution in [0, 0.1) is 11.3 Å². The van der Waals surface area contributed by atoms with E-state index in [-0.39, 0.29) is 11.6 Å². The molecule has 0 bridgehead atoms. The van der Waals surface area contributed by atoms with Crippen molar-refractivity contribution in [3.05, 3.63) is 54.6 Å². The fraction of sp³-hybridized carbons (Fsp3) is 0.211. The highest BCUT2D eigenvalue weighted by Gasteiger charge is 2.12. The molecule has 1 aromatic carbocycles. The molecule has 2 aromatic rings. The van der Waals surface area contributed by atoms with Gasteiger partial charge in [-0.3, -0.25) is 0 Å². The highest BCUT2D eigenvalue weighted by molar-refractivity contribution is 5.81. The van der Waals surface area contributed by atoms with E-state index in [9.17, 15) is 0 Å². The third kappa shape index (κ3) is 4.74. The zero-order valence-corrected chi connectivity index (χ0v) is 14.8. The third-order valence-corrected chi connectivity index (χ3v) is 3.10. The van der Waals surface area contributed by atoms with Crippen LogP contribution in [-0.4, -0.2) is 24.4 Å². The molecule has 1 N–H and O–H groups in total. The molecule has 0 amide bonds. The van der Waals surface area contributed by atoms with E-state index in [4.69, 9.17) is 19.2 Å². The summed E-state index contributed by atoms with van der Waals surface area (Å²) in [5.41, 5.74) is 4.20. The molecular formula is C19H20N4O3. The fourth-order valence-electron chi connectivity index (χ4n) is 1.96. The minimum absolute atomic E-state index is 0.114. The quantitative estimate of drug-likeness (QED) is 0.417. The second-order valence-electron chi connectivity index (χ2n) is 5.20. The molecule has 7 heteroatoms. The Morgan fingerprint density at radius 2 is 2.23 bits per heavy atom. The molecule has 134 valence electrons. The van der Waals surface area contributed by atoms with Crippen molar-refractivity contribution in [3.63, 3.8) is 0 Å². The van der Waals surface area contributed by atoms with Gasteiger partial charge in [-0.1, -0.05) is 19.2 Å². The normalized spacial score (nSPS) is 10.3. The van der Waals surface area contributed by atoms with Crippen LogP contribution in [0.2, 0.25) is 0 Å². The molecule has 2 rings (SSSR count). The molecule has 1 aromatic heterocycles. The van der Waals surface area contributed by atoms with Crippen LogP contribution in [0.25, 0.3) is 5.57 Å². The van der Waals surface area contributed by atoms with Gasteiger partial charge >= 0.3 is 0 Å². The molecule has 0 saturated heterocycles. The molecule has 0 spiro atoms. The Kier molecular flexibility index (Phi) is 6.57. The maximum atomic E-state index is 9.10. The van der Waals surface area contributed by atoms with Gasteiger partial charge in [0.15, 0.2) is 11.5 Å². The van der Waals surface area contributed by atoms with Crippen molar-refractivity contribution in [2.45, 2.75) is 13.8 Å². The van der Waals surface area contributed by atoms with Crippen LogP contribution >= 0.6 is 0 Å². The molecule has 0 unspecified atom stereocenters. The van der Waals surface area contributed by atoms with Crippen molar-refractivity contribution < 1.29 is 13.9 Å². The Balaban J connectivity index is 2.15. The van der Waals surface area contributed by atoms with Crippen LogP contribution < -0.4 is 14.9 Å². The molecule has 0 aliphatic carbocycles. The Hall–Kier alpha value is -3.53. The molecule has 7 nitrogen and oxygen atoms in total. The summed E-state index contributed by atoms with van der Waals surface area (Å²) >= 11 is 0. The summed E-state index contributed by atoms with van der Waals surface area (Å²) in [6, 6.07) is 7.38. The zero-order valence-electron chi connectivity index (χ0n) is 14.8. The third-order valence-electron chi connectivity index (χ3n) is 3.10. The number of benzene rings is 1. The average Bonchev–Trinajstić information content (AvgIpc) is 3.05. The predicted octanol–water partition coefficient (Wildman–Crippen LogP) is 3.99. The van der Waals surface area contributed by atoms with Crippen molar-refractivity contribution in [1.82, 2.24) is 4.98 Å². The number of nitrogens with one attached hydrogen (secondary N) is 1. The van der Waals surface area contributed by atoms with Crippen LogP contribution in [0.15, 0.2) is 47.0 Å². The van der Waals surface area contributed by atoms with Crippen molar-refractivity contribution in [3.8, 4) is 17.6 Å². The van der Waals surface area contributed by atoms with Gasteiger partial charge in [-0.15, -0.1) is 0 Å². The Bertz CT molecular complexity index is 862. The first-order valence-electron chi connectivity index (χ1n) is 7.95. The molecule has 0 saturated carbocycles. The summed E-state index contributed by atoms with van der Waals surface area (Å²) in [5.74, 6) is 1.70. The highest BCUT2D eigenvalue weighted by atomic mass is 16.5. The van der Waals surface area contributed by atoms with Crippen molar-refractivity contribution >= 4 is 17.7 Å². The minimum atomic E-state index is 0.114.